The van der Waals surface area contributed by atoms with Crippen molar-refractivity contribution in [3.63, 3.8) is 0 Å². The number of aromatic nitrogens is 1. The molecule has 0 N–H and O–H groups in total. The van der Waals surface area contributed by atoms with Crippen molar-refractivity contribution >= 4 is 17.2 Å². The van der Waals surface area contributed by atoms with Crippen molar-refractivity contribution in [3.8, 4) is 0 Å². The van der Waals surface area contributed by atoms with Gasteiger partial charge in [0.2, 0.25) is 0 Å². The van der Waals surface area contributed by atoms with Crippen LogP contribution in [0, 0.1) is 6.92 Å². The number of morpholine rings is 1. The average molecular weight is 349 g/mol. The number of nitrogens with zero attached hydrogens (tertiary/aromatic N) is 3. The predicted octanol–water partition coefficient (Wildman–Crippen LogP) is 2.71. The Balaban J connectivity index is 1.64. The summed E-state index contributed by atoms with van der Waals surface area (Å²) in [6.45, 7) is 7.95. The first-order valence-corrected chi connectivity index (χ1v) is 8.99. The van der Waals surface area contributed by atoms with Crippen molar-refractivity contribution in [2.24, 2.45) is 0 Å². The van der Waals surface area contributed by atoms with Crippen LogP contribution in [0.3, 0.4) is 0 Å². The molecule has 7 heteroatoms. The van der Waals surface area contributed by atoms with Gasteiger partial charge in [-0.3, -0.25) is 9.69 Å². The molecule has 3 rings (SSSR count). The first-order valence-electron chi connectivity index (χ1n) is 8.11. The van der Waals surface area contributed by atoms with E-state index in [4.69, 9.17) is 9.15 Å². The van der Waals surface area contributed by atoms with Crippen LogP contribution < -0.4 is 0 Å². The molecule has 1 fully saturated rings. The summed E-state index contributed by atoms with van der Waals surface area (Å²) in [5, 5.41) is 2.95. The van der Waals surface area contributed by atoms with Crippen molar-refractivity contribution in [1.82, 2.24) is 14.8 Å². The van der Waals surface area contributed by atoms with Gasteiger partial charge in [0.25, 0.3) is 5.91 Å². The third-order valence-electron chi connectivity index (χ3n) is 4.28. The van der Waals surface area contributed by atoms with Crippen molar-refractivity contribution in [2.75, 3.05) is 33.4 Å². The Morgan fingerprint density at radius 2 is 2.21 bits per heavy atom. The number of aryl methyl sites for hydroxylation is 1. The molecule has 2 aromatic rings. The van der Waals surface area contributed by atoms with E-state index in [1.807, 2.05) is 25.3 Å². The zero-order valence-corrected chi connectivity index (χ0v) is 15.1. The van der Waals surface area contributed by atoms with Crippen LogP contribution in [0.25, 0.3) is 0 Å². The summed E-state index contributed by atoms with van der Waals surface area (Å²) in [4.78, 5) is 21.1. The first-order chi connectivity index (χ1) is 11.5. The van der Waals surface area contributed by atoms with E-state index in [9.17, 15) is 4.79 Å². The lowest BCUT2D eigenvalue weighted by molar-refractivity contribution is 0.0313. The summed E-state index contributed by atoms with van der Waals surface area (Å²) in [7, 11) is 1.80. The average Bonchev–Trinajstić information content (AvgIpc) is 3.23. The van der Waals surface area contributed by atoms with Crippen LogP contribution in [0.1, 0.15) is 39.8 Å². The molecule has 2 aromatic heterocycles. The van der Waals surface area contributed by atoms with Gasteiger partial charge < -0.3 is 14.1 Å². The van der Waals surface area contributed by atoms with Crippen LogP contribution in [0.5, 0.6) is 0 Å². The fourth-order valence-corrected chi connectivity index (χ4v) is 3.56. The van der Waals surface area contributed by atoms with Gasteiger partial charge in [-0.05, 0) is 19.9 Å². The molecule has 0 unspecified atom stereocenters. The molecule has 24 heavy (non-hydrogen) atoms. The number of furan rings is 1. The summed E-state index contributed by atoms with van der Waals surface area (Å²) >= 11 is 1.58. The maximum Gasteiger partial charge on any atom is 0.257 e. The fourth-order valence-electron chi connectivity index (χ4n) is 2.66. The SMILES string of the molecule is Cc1csc([C@H](C)N(C)C(=O)c2coc(CN3CCOCC3)c2)n1. The summed E-state index contributed by atoms with van der Waals surface area (Å²) in [6, 6.07) is 1.78. The number of hydrogen-bond acceptors (Lipinski definition) is 6. The van der Waals surface area contributed by atoms with Crippen molar-refractivity contribution in [3.05, 3.63) is 39.7 Å². The monoisotopic (exact) mass is 349 g/mol. The normalized spacial score (nSPS) is 17.0. The van der Waals surface area contributed by atoms with Crippen LogP contribution in [0.15, 0.2) is 22.1 Å². The lowest BCUT2D eigenvalue weighted by Gasteiger charge is -2.25. The molecule has 1 aliphatic heterocycles. The number of rotatable bonds is 5. The third-order valence-corrected chi connectivity index (χ3v) is 5.41. The number of carbonyl (C=O) groups is 1. The second kappa shape index (κ2) is 7.46. The summed E-state index contributed by atoms with van der Waals surface area (Å²) in [6.07, 6.45) is 1.55. The number of amides is 1. The van der Waals surface area contributed by atoms with Gasteiger partial charge in [-0.1, -0.05) is 0 Å². The van der Waals surface area contributed by atoms with Crippen LogP contribution in [-0.4, -0.2) is 54.0 Å². The van der Waals surface area contributed by atoms with Gasteiger partial charge >= 0.3 is 0 Å². The van der Waals surface area contributed by atoms with E-state index in [1.54, 1.807) is 29.5 Å². The Kier molecular flexibility index (Phi) is 5.33. The van der Waals surface area contributed by atoms with E-state index < -0.39 is 0 Å². The molecule has 0 aromatic carbocycles. The second-order valence-electron chi connectivity index (χ2n) is 6.11. The lowest BCUT2D eigenvalue weighted by Crippen LogP contribution is -2.35. The Labute approximate surface area is 146 Å². The molecule has 1 atom stereocenters. The topological polar surface area (TPSA) is 58.8 Å². The molecular weight excluding hydrogens is 326 g/mol. The van der Waals surface area contributed by atoms with E-state index in [1.165, 1.54) is 0 Å². The van der Waals surface area contributed by atoms with E-state index in [-0.39, 0.29) is 11.9 Å². The van der Waals surface area contributed by atoms with Crippen LogP contribution >= 0.6 is 11.3 Å². The molecule has 3 heterocycles. The molecule has 0 bridgehead atoms. The fraction of sp³-hybridized carbons (Fsp3) is 0.529. The van der Waals surface area contributed by atoms with E-state index >= 15 is 0 Å². The van der Waals surface area contributed by atoms with Gasteiger partial charge in [-0.25, -0.2) is 4.98 Å². The summed E-state index contributed by atoms with van der Waals surface area (Å²) in [5.74, 6) is 0.763. The van der Waals surface area contributed by atoms with Crippen molar-refractivity contribution in [2.45, 2.75) is 26.4 Å². The first kappa shape index (κ1) is 17.1. The zero-order chi connectivity index (χ0) is 17.1. The molecular formula is C17H23N3O3S. The Morgan fingerprint density at radius 3 is 2.88 bits per heavy atom. The molecule has 0 spiro atoms. The minimum Gasteiger partial charge on any atom is -0.467 e. The molecule has 6 nitrogen and oxygen atoms in total. The minimum absolute atomic E-state index is 0.0488. The molecule has 0 saturated carbocycles. The van der Waals surface area contributed by atoms with E-state index in [0.29, 0.717) is 12.1 Å². The van der Waals surface area contributed by atoms with Gasteiger partial charge in [0.15, 0.2) is 0 Å². The van der Waals surface area contributed by atoms with Crippen LogP contribution in [0.4, 0.5) is 0 Å². The summed E-state index contributed by atoms with van der Waals surface area (Å²) < 4.78 is 10.9. The Morgan fingerprint density at radius 1 is 1.46 bits per heavy atom. The van der Waals surface area contributed by atoms with Gasteiger partial charge in [0.1, 0.15) is 17.0 Å². The third kappa shape index (κ3) is 3.85. The minimum atomic E-state index is -0.0613. The number of carbonyl (C=O) groups excluding carboxylic acids is 1. The molecule has 0 radical (unpaired) electrons. The van der Waals surface area contributed by atoms with Crippen LogP contribution in [-0.2, 0) is 11.3 Å². The highest BCUT2D eigenvalue weighted by Gasteiger charge is 2.23. The van der Waals surface area contributed by atoms with Crippen molar-refractivity contribution < 1.29 is 13.9 Å². The smallest absolute Gasteiger partial charge is 0.257 e. The van der Waals surface area contributed by atoms with Gasteiger partial charge in [0, 0.05) is 31.2 Å². The van der Waals surface area contributed by atoms with Crippen LogP contribution in [0.2, 0.25) is 0 Å². The van der Waals surface area contributed by atoms with Gasteiger partial charge in [-0.2, -0.15) is 0 Å². The highest BCUT2D eigenvalue weighted by atomic mass is 32.1. The Hall–Kier alpha value is -1.70. The molecule has 130 valence electrons. The molecule has 0 aliphatic carbocycles. The second-order valence-corrected chi connectivity index (χ2v) is 7.00. The highest BCUT2D eigenvalue weighted by Crippen LogP contribution is 2.24. The number of thiazole rings is 1. The Bertz CT molecular complexity index is 691. The maximum absolute atomic E-state index is 12.7. The van der Waals surface area contributed by atoms with E-state index in [2.05, 4.69) is 9.88 Å². The predicted molar refractivity (Wildman–Crippen MR) is 92.2 cm³/mol. The lowest BCUT2D eigenvalue weighted by atomic mass is 10.2. The zero-order valence-electron chi connectivity index (χ0n) is 14.3. The van der Waals surface area contributed by atoms with Crippen molar-refractivity contribution in [1.29, 1.82) is 0 Å². The largest absolute Gasteiger partial charge is 0.467 e. The molecule has 1 amide bonds. The van der Waals surface area contributed by atoms with Gasteiger partial charge in [0.05, 0.1) is 31.4 Å². The standard InChI is InChI=1S/C17H23N3O3S/c1-12-11-24-16(18-12)13(2)19(3)17(21)14-8-15(23-10-14)9-20-4-6-22-7-5-20/h8,10-11,13H,4-7,9H2,1-3H3/t13-/m0/s1. The van der Waals surface area contributed by atoms with E-state index in [0.717, 1.165) is 42.8 Å². The highest BCUT2D eigenvalue weighted by molar-refractivity contribution is 7.09. The molecule has 1 aliphatic rings. The quantitative estimate of drug-likeness (QED) is 0.831. The summed E-state index contributed by atoms with van der Waals surface area (Å²) in [5.41, 5.74) is 1.57. The molecule has 1 saturated heterocycles. The number of ether oxygens (including phenoxy) is 1. The van der Waals surface area contributed by atoms with Gasteiger partial charge in [-0.15, -0.1) is 11.3 Å². The maximum atomic E-state index is 12.7. The number of hydrogen-bond donors (Lipinski definition) is 0.